The number of rotatable bonds is 2. The van der Waals surface area contributed by atoms with Crippen molar-refractivity contribution in [2.75, 3.05) is 6.61 Å². The van der Waals surface area contributed by atoms with Gasteiger partial charge < -0.3 is 0 Å². The Morgan fingerprint density at radius 1 is 1.42 bits per heavy atom. The summed E-state index contributed by atoms with van der Waals surface area (Å²) in [6, 6.07) is 0. The molecular formula is C7H7F4O. The summed E-state index contributed by atoms with van der Waals surface area (Å²) in [6.07, 6.45) is -0.957. The van der Waals surface area contributed by atoms with Crippen LogP contribution in [0.25, 0.3) is 0 Å². The van der Waals surface area contributed by atoms with Crippen LogP contribution in [0.15, 0.2) is 12.2 Å². The van der Waals surface area contributed by atoms with Gasteiger partial charge in [-0.1, -0.05) is 6.58 Å². The molecule has 1 nitrogen and oxygen atoms in total. The number of halogens is 4. The van der Waals surface area contributed by atoms with Crippen molar-refractivity contribution in [1.82, 2.24) is 0 Å². The number of hydrogen-bond donors (Lipinski definition) is 0. The molecule has 12 heavy (non-hydrogen) atoms. The fourth-order valence-corrected chi connectivity index (χ4v) is 1.15. The van der Waals surface area contributed by atoms with Gasteiger partial charge in [0.25, 0.3) is 0 Å². The van der Waals surface area contributed by atoms with E-state index in [1.54, 1.807) is 0 Å². The first-order valence-electron chi connectivity index (χ1n) is 3.34. The molecule has 0 aromatic rings. The van der Waals surface area contributed by atoms with Crippen molar-refractivity contribution in [3.63, 3.8) is 0 Å². The van der Waals surface area contributed by atoms with Crippen LogP contribution in [0.1, 0.15) is 6.42 Å². The van der Waals surface area contributed by atoms with E-state index in [9.17, 15) is 22.7 Å². The first-order chi connectivity index (χ1) is 5.33. The van der Waals surface area contributed by atoms with Gasteiger partial charge in [0.05, 0.1) is 5.92 Å². The van der Waals surface area contributed by atoms with Crippen molar-refractivity contribution in [3.8, 4) is 0 Å². The lowest BCUT2D eigenvalue weighted by Gasteiger charge is -2.44. The Bertz CT molecular complexity index is 211. The minimum atomic E-state index is -4.07. The standard InChI is InChI=1S/C7H7F4O/c1-4(3-12)5-2-6(8,9)7(5,10)11/h5H,1-3H2. The number of alkyl halides is 4. The maximum absolute atomic E-state index is 12.5. The van der Waals surface area contributed by atoms with E-state index in [0.717, 1.165) is 0 Å². The van der Waals surface area contributed by atoms with Crippen LogP contribution in [-0.4, -0.2) is 18.5 Å². The molecule has 1 fully saturated rings. The van der Waals surface area contributed by atoms with Crippen molar-refractivity contribution in [2.45, 2.75) is 18.3 Å². The Balaban J connectivity index is 2.72. The lowest BCUT2D eigenvalue weighted by atomic mass is 9.73. The summed E-state index contributed by atoms with van der Waals surface area (Å²) in [5.74, 6) is -9.67. The van der Waals surface area contributed by atoms with Crippen molar-refractivity contribution >= 4 is 0 Å². The first-order valence-corrected chi connectivity index (χ1v) is 3.34. The maximum Gasteiger partial charge on any atom is 0.316 e. The zero-order valence-electron chi connectivity index (χ0n) is 6.12. The average molecular weight is 183 g/mol. The average Bonchev–Trinajstić information content (AvgIpc) is 1.99. The fraction of sp³-hybridized carbons (Fsp3) is 0.714. The minimum Gasteiger partial charge on any atom is -0.232 e. The molecule has 1 aliphatic rings. The van der Waals surface area contributed by atoms with Gasteiger partial charge in [-0.3, -0.25) is 0 Å². The van der Waals surface area contributed by atoms with Crippen LogP contribution in [0.5, 0.6) is 0 Å². The third kappa shape index (κ3) is 1.03. The van der Waals surface area contributed by atoms with E-state index in [1.165, 1.54) is 0 Å². The second kappa shape index (κ2) is 2.45. The molecule has 1 aliphatic carbocycles. The van der Waals surface area contributed by atoms with Crippen LogP contribution in [-0.2, 0) is 5.11 Å². The molecule has 1 saturated carbocycles. The first kappa shape index (κ1) is 9.51. The van der Waals surface area contributed by atoms with Crippen LogP contribution in [0.4, 0.5) is 17.6 Å². The largest absolute Gasteiger partial charge is 0.316 e. The topological polar surface area (TPSA) is 19.9 Å². The third-order valence-corrected chi connectivity index (χ3v) is 2.06. The Morgan fingerprint density at radius 2 is 1.92 bits per heavy atom. The van der Waals surface area contributed by atoms with Crippen molar-refractivity contribution in [2.24, 2.45) is 5.92 Å². The van der Waals surface area contributed by atoms with Crippen LogP contribution in [0.3, 0.4) is 0 Å². The quantitative estimate of drug-likeness (QED) is 0.462. The molecular weight excluding hydrogens is 176 g/mol. The minimum absolute atomic E-state index is 0.342. The van der Waals surface area contributed by atoms with Crippen LogP contribution < -0.4 is 0 Å². The fourth-order valence-electron chi connectivity index (χ4n) is 1.15. The molecule has 0 amide bonds. The molecule has 1 radical (unpaired) electrons. The van der Waals surface area contributed by atoms with Gasteiger partial charge in [0.2, 0.25) is 0 Å². The van der Waals surface area contributed by atoms with E-state index in [2.05, 4.69) is 6.58 Å². The van der Waals surface area contributed by atoms with Crippen LogP contribution >= 0.6 is 0 Å². The van der Waals surface area contributed by atoms with Crippen LogP contribution in [0, 0.1) is 5.92 Å². The molecule has 0 aromatic carbocycles. The molecule has 0 N–H and O–H groups in total. The van der Waals surface area contributed by atoms with E-state index in [4.69, 9.17) is 0 Å². The molecule has 0 aromatic heterocycles. The van der Waals surface area contributed by atoms with E-state index < -0.39 is 30.8 Å². The number of hydrogen-bond acceptors (Lipinski definition) is 0. The Hall–Kier alpha value is -0.580. The predicted octanol–water partition coefficient (Wildman–Crippen LogP) is 2.26. The molecule has 0 aliphatic heterocycles. The van der Waals surface area contributed by atoms with Gasteiger partial charge in [-0.15, -0.1) is 0 Å². The Morgan fingerprint density at radius 3 is 2.17 bits per heavy atom. The molecule has 0 heterocycles. The molecule has 1 rings (SSSR count). The van der Waals surface area contributed by atoms with E-state index in [0.29, 0.717) is 0 Å². The lowest BCUT2D eigenvalue weighted by molar-refractivity contribution is -0.305. The normalized spacial score (nSPS) is 30.9. The summed E-state index contributed by atoms with van der Waals surface area (Å²) < 4.78 is 49.3. The highest BCUT2D eigenvalue weighted by Gasteiger charge is 2.71. The van der Waals surface area contributed by atoms with E-state index in [1.807, 2.05) is 0 Å². The summed E-state index contributed by atoms with van der Waals surface area (Å²) in [5.41, 5.74) is -0.342. The molecule has 0 bridgehead atoms. The Kier molecular flexibility index (Phi) is 1.94. The van der Waals surface area contributed by atoms with Gasteiger partial charge in [-0.25, -0.2) is 5.11 Å². The summed E-state index contributed by atoms with van der Waals surface area (Å²) >= 11 is 0. The molecule has 69 valence electrons. The summed E-state index contributed by atoms with van der Waals surface area (Å²) in [5, 5.41) is 10.1. The summed E-state index contributed by atoms with van der Waals surface area (Å²) in [6.45, 7) is 2.11. The van der Waals surface area contributed by atoms with Crippen LogP contribution in [0.2, 0.25) is 0 Å². The van der Waals surface area contributed by atoms with Gasteiger partial charge in [0.1, 0.15) is 6.61 Å². The van der Waals surface area contributed by atoms with Gasteiger partial charge >= 0.3 is 11.8 Å². The Labute approximate surface area is 66.7 Å². The SMILES string of the molecule is C=C(C[O])C1CC(F)(F)C1(F)F. The molecule has 5 heteroatoms. The molecule has 0 saturated heterocycles. The predicted molar refractivity (Wildman–Crippen MR) is 32.7 cm³/mol. The third-order valence-electron chi connectivity index (χ3n) is 2.06. The molecule has 1 atom stereocenters. The highest BCUT2D eigenvalue weighted by atomic mass is 19.3. The van der Waals surface area contributed by atoms with Gasteiger partial charge in [-0.2, -0.15) is 17.6 Å². The van der Waals surface area contributed by atoms with Crippen molar-refractivity contribution in [3.05, 3.63) is 12.2 Å². The van der Waals surface area contributed by atoms with E-state index in [-0.39, 0.29) is 5.57 Å². The summed E-state index contributed by atoms with van der Waals surface area (Å²) in [4.78, 5) is 0. The second-order valence-electron chi connectivity index (χ2n) is 2.89. The van der Waals surface area contributed by atoms with Gasteiger partial charge in [-0.05, 0) is 5.57 Å². The smallest absolute Gasteiger partial charge is 0.232 e. The van der Waals surface area contributed by atoms with Gasteiger partial charge in [0.15, 0.2) is 0 Å². The zero-order chi connectivity index (χ0) is 9.57. The highest BCUT2D eigenvalue weighted by molar-refractivity contribution is 5.18. The lowest BCUT2D eigenvalue weighted by Crippen LogP contribution is -2.59. The maximum atomic E-state index is 12.5. The van der Waals surface area contributed by atoms with Crippen molar-refractivity contribution in [1.29, 1.82) is 0 Å². The second-order valence-corrected chi connectivity index (χ2v) is 2.89. The van der Waals surface area contributed by atoms with Gasteiger partial charge in [0, 0.05) is 6.42 Å². The zero-order valence-corrected chi connectivity index (χ0v) is 6.12. The molecule has 0 spiro atoms. The molecule has 1 unspecified atom stereocenters. The highest BCUT2D eigenvalue weighted by Crippen LogP contribution is 2.57. The van der Waals surface area contributed by atoms with E-state index >= 15 is 0 Å². The van der Waals surface area contributed by atoms with Crippen molar-refractivity contribution < 1.29 is 22.7 Å². The monoisotopic (exact) mass is 183 g/mol. The summed E-state index contributed by atoms with van der Waals surface area (Å²) in [7, 11) is 0.